The molecule has 6 heteroatoms. The van der Waals surface area contributed by atoms with Gasteiger partial charge in [0, 0.05) is 6.42 Å². The highest BCUT2D eigenvalue weighted by molar-refractivity contribution is 5.24. The second kappa shape index (κ2) is 5.75. The van der Waals surface area contributed by atoms with Crippen molar-refractivity contribution in [1.29, 1.82) is 0 Å². The standard InChI is InChI=1S/C12H19NO5/c1-2-4-9-5-3-6-10(7-9)8-11(14,15)13-12(16,17)18/h3,5-7,13-18H,2,4,8H2,1H3. The van der Waals surface area contributed by atoms with Crippen LogP contribution in [0.15, 0.2) is 24.3 Å². The SMILES string of the molecule is CCCc1cccc(CC(O)(O)NC(O)(O)O)c1. The van der Waals surface area contributed by atoms with Gasteiger partial charge in [0.25, 0.3) is 0 Å². The van der Waals surface area contributed by atoms with Gasteiger partial charge in [-0.15, -0.1) is 0 Å². The third-order valence-electron chi connectivity index (χ3n) is 2.35. The molecule has 0 radical (unpaired) electrons. The number of hydrogen-bond donors (Lipinski definition) is 6. The lowest BCUT2D eigenvalue weighted by Gasteiger charge is -2.28. The van der Waals surface area contributed by atoms with Gasteiger partial charge in [-0.25, -0.2) is 0 Å². The fourth-order valence-electron chi connectivity index (χ4n) is 1.78. The maximum atomic E-state index is 9.49. The monoisotopic (exact) mass is 257 g/mol. The Balaban J connectivity index is 2.74. The molecule has 6 N–H and O–H groups in total. The predicted octanol–water partition coefficient (Wildman–Crippen LogP) is -1.00. The Bertz CT molecular complexity index is 386. The van der Waals surface area contributed by atoms with Crippen LogP contribution in [0.3, 0.4) is 0 Å². The van der Waals surface area contributed by atoms with Gasteiger partial charge in [-0.3, -0.25) is 0 Å². The van der Waals surface area contributed by atoms with Gasteiger partial charge in [0.1, 0.15) is 0 Å². The molecule has 0 aromatic heterocycles. The van der Waals surface area contributed by atoms with Crippen molar-refractivity contribution in [3.8, 4) is 0 Å². The van der Waals surface area contributed by atoms with Crippen LogP contribution in [0, 0.1) is 0 Å². The summed E-state index contributed by atoms with van der Waals surface area (Å²) in [5, 5.41) is 46.4. The van der Waals surface area contributed by atoms with E-state index < -0.39 is 12.0 Å². The van der Waals surface area contributed by atoms with Crippen molar-refractivity contribution < 1.29 is 25.5 Å². The van der Waals surface area contributed by atoms with E-state index in [0.29, 0.717) is 5.56 Å². The van der Waals surface area contributed by atoms with Gasteiger partial charge < -0.3 is 25.5 Å². The van der Waals surface area contributed by atoms with Crippen molar-refractivity contribution in [3.05, 3.63) is 35.4 Å². The van der Waals surface area contributed by atoms with Crippen LogP contribution in [-0.2, 0) is 12.8 Å². The van der Waals surface area contributed by atoms with Gasteiger partial charge in [0.15, 0.2) is 0 Å². The molecule has 102 valence electrons. The molecular formula is C12H19NO5. The van der Waals surface area contributed by atoms with E-state index in [-0.39, 0.29) is 6.42 Å². The van der Waals surface area contributed by atoms with Gasteiger partial charge in [-0.05, 0) is 17.5 Å². The van der Waals surface area contributed by atoms with E-state index in [1.807, 2.05) is 13.0 Å². The largest absolute Gasteiger partial charge is 0.353 e. The topological polar surface area (TPSA) is 113 Å². The van der Waals surface area contributed by atoms with E-state index in [2.05, 4.69) is 0 Å². The van der Waals surface area contributed by atoms with E-state index in [1.54, 1.807) is 18.2 Å². The molecule has 0 unspecified atom stereocenters. The average Bonchev–Trinajstić information content (AvgIpc) is 2.13. The maximum absolute atomic E-state index is 9.49. The molecule has 0 spiro atoms. The molecule has 6 nitrogen and oxygen atoms in total. The Kier molecular flexibility index (Phi) is 4.80. The van der Waals surface area contributed by atoms with Crippen molar-refractivity contribution in [2.75, 3.05) is 0 Å². The molecule has 18 heavy (non-hydrogen) atoms. The minimum atomic E-state index is -3.34. The summed E-state index contributed by atoms with van der Waals surface area (Å²) in [6.07, 6.45) is -1.80. The van der Waals surface area contributed by atoms with Crippen LogP contribution in [0.25, 0.3) is 0 Å². The predicted molar refractivity (Wildman–Crippen MR) is 63.8 cm³/mol. The van der Waals surface area contributed by atoms with Gasteiger partial charge in [-0.2, -0.15) is 5.32 Å². The summed E-state index contributed by atoms with van der Waals surface area (Å²) < 4.78 is 0. The number of nitrogens with one attached hydrogen (secondary N) is 1. The van der Waals surface area contributed by atoms with Crippen molar-refractivity contribution in [1.82, 2.24) is 5.32 Å². The van der Waals surface area contributed by atoms with Crippen LogP contribution in [0.1, 0.15) is 24.5 Å². The first-order valence-corrected chi connectivity index (χ1v) is 5.71. The zero-order valence-corrected chi connectivity index (χ0v) is 10.2. The molecule has 0 aliphatic rings. The Hall–Kier alpha value is -1.02. The van der Waals surface area contributed by atoms with E-state index in [1.165, 1.54) is 5.32 Å². The molecule has 1 aromatic rings. The minimum Gasteiger partial charge on any atom is -0.353 e. The Labute approximate surface area is 105 Å². The van der Waals surface area contributed by atoms with E-state index >= 15 is 0 Å². The van der Waals surface area contributed by atoms with E-state index in [0.717, 1.165) is 18.4 Å². The van der Waals surface area contributed by atoms with Crippen LogP contribution in [0.4, 0.5) is 0 Å². The second-order valence-electron chi connectivity index (χ2n) is 4.32. The molecule has 0 saturated heterocycles. The van der Waals surface area contributed by atoms with E-state index in [9.17, 15) is 10.2 Å². The van der Waals surface area contributed by atoms with Crippen molar-refractivity contribution in [2.24, 2.45) is 0 Å². The lowest BCUT2D eigenvalue weighted by atomic mass is 10.0. The quantitative estimate of drug-likeness (QED) is 0.364. The molecule has 0 aliphatic carbocycles. The lowest BCUT2D eigenvalue weighted by Crippen LogP contribution is -2.59. The van der Waals surface area contributed by atoms with Crippen molar-refractivity contribution in [3.63, 3.8) is 0 Å². The molecule has 0 heterocycles. The third-order valence-corrected chi connectivity index (χ3v) is 2.35. The first-order valence-electron chi connectivity index (χ1n) is 5.71. The first-order chi connectivity index (χ1) is 8.22. The van der Waals surface area contributed by atoms with Crippen molar-refractivity contribution >= 4 is 0 Å². The smallest absolute Gasteiger partial charge is 0.347 e. The van der Waals surface area contributed by atoms with Gasteiger partial charge in [0.05, 0.1) is 0 Å². The summed E-state index contributed by atoms with van der Waals surface area (Å²) in [5.74, 6) is -2.62. The summed E-state index contributed by atoms with van der Waals surface area (Å²) >= 11 is 0. The maximum Gasteiger partial charge on any atom is 0.347 e. The highest BCUT2D eigenvalue weighted by Crippen LogP contribution is 2.13. The normalized spacial score (nSPS) is 12.8. The second-order valence-corrected chi connectivity index (χ2v) is 4.32. The van der Waals surface area contributed by atoms with Crippen LogP contribution in [0.2, 0.25) is 0 Å². The van der Waals surface area contributed by atoms with Crippen LogP contribution in [0.5, 0.6) is 0 Å². The minimum absolute atomic E-state index is 0.298. The van der Waals surface area contributed by atoms with Gasteiger partial charge >= 0.3 is 6.10 Å². The summed E-state index contributed by atoms with van der Waals surface area (Å²) in [4.78, 5) is 0. The third kappa shape index (κ3) is 5.54. The van der Waals surface area contributed by atoms with Crippen LogP contribution >= 0.6 is 0 Å². The first kappa shape index (κ1) is 15.0. The van der Waals surface area contributed by atoms with E-state index in [4.69, 9.17) is 15.3 Å². The zero-order chi connectivity index (χ0) is 13.8. The summed E-state index contributed by atoms with van der Waals surface area (Å²) in [6, 6.07) is 7.17. The molecular weight excluding hydrogens is 238 g/mol. The van der Waals surface area contributed by atoms with Crippen LogP contribution in [-0.4, -0.2) is 37.5 Å². The highest BCUT2D eigenvalue weighted by atomic mass is 16.7. The highest BCUT2D eigenvalue weighted by Gasteiger charge is 2.33. The van der Waals surface area contributed by atoms with Crippen molar-refractivity contribution in [2.45, 2.75) is 38.2 Å². The Morgan fingerprint density at radius 1 is 1.06 bits per heavy atom. The number of aliphatic hydroxyl groups is 5. The number of benzene rings is 1. The van der Waals surface area contributed by atoms with Gasteiger partial charge in [-0.1, -0.05) is 37.6 Å². The molecule has 0 saturated carbocycles. The van der Waals surface area contributed by atoms with Gasteiger partial charge in [0.2, 0.25) is 5.91 Å². The Morgan fingerprint density at radius 2 is 1.67 bits per heavy atom. The molecule has 1 aromatic carbocycles. The molecule has 0 fully saturated rings. The molecule has 0 amide bonds. The Morgan fingerprint density at radius 3 is 2.22 bits per heavy atom. The molecule has 1 rings (SSSR count). The molecule has 0 bridgehead atoms. The summed E-state index contributed by atoms with van der Waals surface area (Å²) in [6.45, 7) is 2.04. The zero-order valence-electron chi connectivity index (χ0n) is 10.2. The number of hydrogen-bond acceptors (Lipinski definition) is 6. The molecule has 0 atom stereocenters. The summed E-state index contributed by atoms with van der Waals surface area (Å²) in [7, 11) is 0. The fraction of sp³-hybridized carbons (Fsp3) is 0.500. The summed E-state index contributed by atoms with van der Waals surface area (Å²) in [5.41, 5.74) is 1.65. The molecule has 0 aliphatic heterocycles. The number of aryl methyl sites for hydroxylation is 1. The number of rotatable bonds is 6. The lowest BCUT2D eigenvalue weighted by molar-refractivity contribution is -0.378. The fourth-order valence-corrected chi connectivity index (χ4v) is 1.78. The average molecular weight is 257 g/mol. The van der Waals surface area contributed by atoms with Crippen LogP contribution < -0.4 is 5.32 Å².